The van der Waals surface area contributed by atoms with E-state index in [0.29, 0.717) is 0 Å². The molecule has 0 aliphatic heterocycles. The van der Waals surface area contributed by atoms with Gasteiger partial charge in [0.1, 0.15) is 0 Å². The molecule has 0 spiro atoms. The summed E-state index contributed by atoms with van der Waals surface area (Å²) in [6, 6.07) is 0. The molecule has 0 fully saturated rings. The Kier molecular flexibility index (Phi) is 4.32. The van der Waals surface area contributed by atoms with Crippen LogP contribution in [-0.2, 0) is 0 Å². The lowest BCUT2D eigenvalue weighted by Gasteiger charge is -1.88. The topological polar surface area (TPSA) is 0 Å². The molecule has 5 heteroatoms. The summed E-state index contributed by atoms with van der Waals surface area (Å²) in [5.74, 6) is 0. The maximum atomic E-state index is 3.53. The molecule has 0 nitrogen and oxygen atoms in total. The molecule has 0 saturated heterocycles. The van der Waals surface area contributed by atoms with Crippen LogP contribution in [0.5, 0.6) is 0 Å². The van der Waals surface area contributed by atoms with E-state index in [9.17, 15) is 0 Å². The highest BCUT2D eigenvalue weighted by atomic mass is 79.9. The molecule has 0 amide bonds. The van der Waals surface area contributed by atoms with Crippen LogP contribution in [0.1, 0.15) is 0 Å². The Morgan fingerprint density at radius 1 is 1.00 bits per heavy atom. The van der Waals surface area contributed by atoms with Crippen molar-refractivity contribution in [3.05, 3.63) is 8.95 Å². The fourth-order valence-corrected chi connectivity index (χ4v) is 5.43. The van der Waals surface area contributed by atoms with Crippen LogP contribution in [0.3, 0.4) is 0 Å². The Balaban J connectivity index is 3.12. The van der Waals surface area contributed by atoms with Crippen LogP contribution in [0.4, 0.5) is 0 Å². The van der Waals surface area contributed by atoms with Crippen LogP contribution < -0.4 is 0 Å². The van der Waals surface area contributed by atoms with Gasteiger partial charge in [-0.15, -0.1) is 34.9 Å². The molecule has 0 aliphatic rings. The first kappa shape index (κ1) is 10.4. The van der Waals surface area contributed by atoms with Crippen molar-refractivity contribution in [1.82, 2.24) is 0 Å². The van der Waals surface area contributed by atoms with Gasteiger partial charge in [0.05, 0.1) is 17.4 Å². The van der Waals surface area contributed by atoms with Gasteiger partial charge >= 0.3 is 0 Å². The van der Waals surface area contributed by atoms with E-state index in [0.717, 1.165) is 0 Å². The highest BCUT2D eigenvalue weighted by molar-refractivity contribution is 9.13. The first-order valence-electron chi connectivity index (χ1n) is 2.76. The number of thioether (sulfide) groups is 2. The minimum absolute atomic E-state index is 1.19. The molecule has 0 N–H and O–H groups in total. The predicted molar refractivity (Wildman–Crippen MR) is 63.3 cm³/mol. The van der Waals surface area contributed by atoms with Gasteiger partial charge in [-0.1, -0.05) is 0 Å². The minimum atomic E-state index is 1.19. The van der Waals surface area contributed by atoms with E-state index in [2.05, 4.69) is 44.4 Å². The second-order valence-corrected chi connectivity index (χ2v) is 6.47. The normalized spacial score (nSPS) is 10.5. The van der Waals surface area contributed by atoms with E-state index < -0.39 is 0 Å². The van der Waals surface area contributed by atoms with Crippen LogP contribution in [0, 0.1) is 0 Å². The third-order valence-corrected chi connectivity index (χ3v) is 7.70. The first-order chi connectivity index (χ1) is 5.20. The summed E-state index contributed by atoms with van der Waals surface area (Å²) in [4.78, 5) is 0. The summed E-state index contributed by atoms with van der Waals surface area (Å²) in [5.41, 5.74) is 0. The zero-order chi connectivity index (χ0) is 8.43. The molecule has 0 aliphatic carbocycles. The van der Waals surface area contributed by atoms with Crippen LogP contribution in [0.15, 0.2) is 17.4 Å². The third-order valence-electron chi connectivity index (χ3n) is 1.11. The van der Waals surface area contributed by atoms with Crippen molar-refractivity contribution < 1.29 is 0 Å². The number of hydrogen-bond donors (Lipinski definition) is 0. The van der Waals surface area contributed by atoms with Gasteiger partial charge in [-0.25, -0.2) is 0 Å². The van der Waals surface area contributed by atoms with Crippen LogP contribution >= 0.6 is 66.7 Å². The van der Waals surface area contributed by atoms with Crippen molar-refractivity contribution in [3.63, 3.8) is 0 Å². The zero-order valence-corrected chi connectivity index (χ0v) is 11.6. The van der Waals surface area contributed by atoms with Gasteiger partial charge in [0.25, 0.3) is 0 Å². The Bertz CT molecular complexity index is 232. The molecule has 1 heterocycles. The Hall–Kier alpha value is 1.36. The third kappa shape index (κ3) is 2.18. The van der Waals surface area contributed by atoms with E-state index in [1.165, 1.54) is 17.4 Å². The quantitative estimate of drug-likeness (QED) is 0.718. The summed E-state index contributed by atoms with van der Waals surface area (Å²) in [5, 5.41) is 0. The number of hydrogen-bond acceptors (Lipinski definition) is 3. The average Bonchev–Trinajstić information content (AvgIpc) is 2.30. The molecule has 0 bridgehead atoms. The number of thiophene rings is 1. The minimum Gasteiger partial charge on any atom is -0.120 e. The Morgan fingerprint density at radius 3 is 1.55 bits per heavy atom. The molecule has 0 unspecified atom stereocenters. The van der Waals surface area contributed by atoms with Crippen molar-refractivity contribution >= 4 is 66.7 Å². The summed E-state index contributed by atoms with van der Waals surface area (Å²) < 4.78 is 5.06. The van der Waals surface area contributed by atoms with Gasteiger partial charge in [0.15, 0.2) is 0 Å². The van der Waals surface area contributed by atoms with E-state index in [-0.39, 0.29) is 0 Å². The SMILES string of the molecule is CSc1sc(SC)c(Br)c1Br. The largest absolute Gasteiger partial charge is 0.120 e. The lowest BCUT2D eigenvalue weighted by atomic mass is 10.7. The maximum Gasteiger partial charge on any atom is 0.0762 e. The van der Waals surface area contributed by atoms with E-state index in [1.54, 1.807) is 23.5 Å². The molecule has 0 atom stereocenters. The van der Waals surface area contributed by atoms with Crippen molar-refractivity contribution in [2.24, 2.45) is 0 Å². The predicted octanol–water partition coefficient (Wildman–Crippen LogP) is 4.72. The fraction of sp³-hybridized carbons (Fsp3) is 0.333. The van der Waals surface area contributed by atoms with Crippen LogP contribution in [0.25, 0.3) is 0 Å². The molecule has 1 aromatic heterocycles. The van der Waals surface area contributed by atoms with Gasteiger partial charge in [0, 0.05) is 0 Å². The van der Waals surface area contributed by atoms with E-state index >= 15 is 0 Å². The highest BCUT2D eigenvalue weighted by Crippen LogP contribution is 2.45. The van der Waals surface area contributed by atoms with Gasteiger partial charge in [-0.3, -0.25) is 0 Å². The summed E-state index contributed by atoms with van der Waals surface area (Å²) in [6.07, 6.45) is 4.18. The molecule has 0 aromatic carbocycles. The standard InChI is InChI=1S/C6H6Br2S3/c1-9-5-3(7)4(8)6(10-2)11-5/h1-2H3. The van der Waals surface area contributed by atoms with Crippen molar-refractivity contribution in [2.45, 2.75) is 8.42 Å². The summed E-state index contributed by atoms with van der Waals surface area (Å²) >= 11 is 12.4. The molecule has 62 valence electrons. The monoisotopic (exact) mass is 332 g/mol. The number of rotatable bonds is 2. The highest BCUT2D eigenvalue weighted by Gasteiger charge is 2.11. The van der Waals surface area contributed by atoms with Gasteiger partial charge < -0.3 is 0 Å². The zero-order valence-electron chi connectivity index (χ0n) is 5.98. The molecular weight excluding hydrogens is 328 g/mol. The second-order valence-electron chi connectivity index (χ2n) is 1.71. The van der Waals surface area contributed by atoms with Crippen LogP contribution in [-0.4, -0.2) is 12.5 Å². The lowest BCUT2D eigenvalue weighted by Crippen LogP contribution is -1.61. The number of halogens is 2. The van der Waals surface area contributed by atoms with Crippen molar-refractivity contribution in [2.75, 3.05) is 12.5 Å². The van der Waals surface area contributed by atoms with Gasteiger partial charge in [-0.2, -0.15) is 0 Å². The smallest absolute Gasteiger partial charge is 0.0762 e. The van der Waals surface area contributed by atoms with Crippen molar-refractivity contribution in [3.8, 4) is 0 Å². The molecular formula is C6H6Br2S3. The lowest BCUT2D eigenvalue weighted by molar-refractivity contribution is 1.53. The fourth-order valence-electron chi connectivity index (χ4n) is 0.616. The van der Waals surface area contributed by atoms with E-state index in [4.69, 9.17) is 0 Å². The molecule has 11 heavy (non-hydrogen) atoms. The Morgan fingerprint density at radius 2 is 1.36 bits per heavy atom. The molecule has 1 aromatic rings. The summed E-state index contributed by atoms with van der Waals surface area (Å²) in [7, 11) is 0. The van der Waals surface area contributed by atoms with Crippen molar-refractivity contribution in [1.29, 1.82) is 0 Å². The average molecular weight is 334 g/mol. The van der Waals surface area contributed by atoms with Crippen LogP contribution in [0.2, 0.25) is 0 Å². The Labute approximate surface area is 95.8 Å². The second kappa shape index (κ2) is 4.56. The van der Waals surface area contributed by atoms with E-state index in [1.807, 2.05) is 11.3 Å². The first-order valence-corrected chi connectivity index (χ1v) is 7.61. The maximum absolute atomic E-state index is 3.53. The molecule has 1 rings (SSSR count). The molecule has 0 radical (unpaired) electrons. The van der Waals surface area contributed by atoms with Gasteiger partial charge in [-0.05, 0) is 44.4 Å². The van der Waals surface area contributed by atoms with Gasteiger partial charge in [0.2, 0.25) is 0 Å². The summed E-state index contributed by atoms with van der Waals surface area (Å²) in [6.45, 7) is 0. The molecule has 0 saturated carbocycles.